The number of rotatable bonds is 9. The lowest BCUT2D eigenvalue weighted by molar-refractivity contribution is -0.158. The second kappa shape index (κ2) is 11.7. The largest absolute Gasteiger partial charge is 0.481 e. The fourth-order valence-electron chi connectivity index (χ4n) is 6.32. The smallest absolute Gasteiger partial charge is 0.334 e. The molecule has 0 fully saturated rings. The van der Waals surface area contributed by atoms with E-state index in [1.807, 2.05) is 27.7 Å². The number of ether oxygens (including phenoxy) is 3. The molecule has 0 spiro atoms. The quantitative estimate of drug-likeness (QED) is 0.203. The summed E-state index contributed by atoms with van der Waals surface area (Å²) in [5.74, 6) is -2.24. The maximum Gasteiger partial charge on any atom is 0.334 e. The van der Waals surface area contributed by atoms with Gasteiger partial charge in [-0.15, -0.1) is 0 Å². The molecular weight excluding hydrogens is 544 g/mol. The molecule has 10 nitrogen and oxygen atoms in total. The number of carbonyl (C=O) groups is 4. The monoisotopic (exact) mass is 582 g/mol. The van der Waals surface area contributed by atoms with Crippen molar-refractivity contribution in [2.24, 2.45) is 16.7 Å². The average molecular weight is 583 g/mol. The van der Waals surface area contributed by atoms with Crippen molar-refractivity contribution < 1.29 is 47.3 Å². The number of cyclic esters (lactones) is 1. The molecule has 42 heavy (non-hydrogen) atoms. The molecule has 1 aliphatic carbocycles. The van der Waals surface area contributed by atoms with Gasteiger partial charge in [0.05, 0.1) is 19.6 Å². The van der Waals surface area contributed by atoms with Crippen LogP contribution in [0.5, 0.6) is 0 Å². The maximum atomic E-state index is 13.0. The summed E-state index contributed by atoms with van der Waals surface area (Å²) >= 11 is 0. The highest BCUT2D eigenvalue weighted by Gasteiger charge is 2.53. The van der Waals surface area contributed by atoms with Gasteiger partial charge in [-0.05, 0) is 38.3 Å². The molecule has 0 saturated carbocycles. The summed E-state index contributed by atoms with van der Waals surface area (Å²) in [7, 11) is 1.33. The standard InChI is InChI=1S/C32H38O10/c1-8-17(2)30(37)42-29-20-13-23(40-27(20)18(3)21(31(29,4)5)14-25(35)38-7)22-15-26(36)41-28(19-10-12-39-16-19)32(22,6)11-9-24(33)34/h8,10,12-13,15-16,18,21,28-29H,9,11,14H2,1-7H3,(H,33,34)/b17-8+/t18-,21-,28+,29+,32-/m1/s1. The molecule has 0 amide bonds. The molecule has 0 bridgehead atoms. The van der Waals surface area contributed by atoms with Gasteiger partial charge in [-0.2, -0.15) is 0 Å². The van der Waals surface area contributed by atoms with Crippen molar-refractivity contribution in [2.45, 2.75) is 78.9 Å². The van der Waals surface area contributed by atoms with Gasteiger partial charge in [0.25, 0.3) is 0 Å². The van der Waals surface area contributed by atoms with Gasteiger partial charge in [0.1, 0.15) is 23.7 Å². The number of furan rings is 2. The summed E-state index contributed by atoms with van der Waals surface area (Å²) in [6.07, 6.45) is 4.31. The summed E-state index contributed by atoms with van der Waals surface area (Å²) in [4.78, 5) is 50.1. The second-order valence-corrected chi connectivity index (χ2v) is 11.9. The van der Waals surface area contributed by atoms with E-state index in [-0.39, 0.29) is 31.1 Å². The zero-order chi connectivity index (χ0) is 31.0. The molecular formula is C32H38O10. The first-order valence-corrected chi connectivity index (χ1v) is 14.0. The van der Waals surface area contributed by atoms with E-state index in [1.165, 1.54) is 25.7 Å². The minimum Gasteiger partial charge on any atom is -0.481 e. The third kappa shape index (κ3) is 5.54. The van der Waals surface area contributed by atoms with Crippen LogP contribution in [0.25, 0.3) is 5.57 Å². The molecule has 0 saturated heterocycles. The highest BCUT2D eigenvalue weighted by atomic mass is 16.6. The van der Waals surface area contributed by atoms with Crippen molar-refractivity contribution in [3.05, 3.63) is 65.0 Å². The number of carboxylic acid groups (broad SMARTS) is 1. The van der Waals surface area contributed by atoms with Crippen molar-refractivity contribution >= 4 is 29.5 Å². The SMILES string of the molecule is C/C=C(\C)C(=O)O[C@H]1c2cc(C3=CC(=O)O[C@@H](c4ccoc4)[C@]3(C)CCC(=O)O)oc2[C@H](C)[C@@H](CC(=O)OC)C1(C)C. The summed E-state index contributed by atoms with van der Waals surface area (Å²) in [5, 5.41) is 9.55. The third-order valence-corrected chi connectivity index (χ3v) is 8.98. The number of fused-ring (bicyclic) bond motifs is 1. The molecule has 0 aromatic carbocycles. The highest BCUT2D eigenvalue weighted by Crippen LogP contribution is 2.59. The number of allylic oxidation sites excluding steroid dienone is 1. The molecule has 1 N–H and O–H groups in total. The highest BCUT2D eigenvalue weighted by molar-refractivity contribution is 5.94. The predicted octanol–water partition coefficient (Wildman–Crippen LogP) is 6.30. The molecule has 2 aliphatic rings. The lowest BCUT2D eigenvalue weighted by atomic mass is 9.61. The van der Waals surface area contributed by atoms with E-state index in [0.29, 0.717) is 33.8 Å². The molecule has 1 aliphatic heterocycles. The van der Waals surface area contributed by atoms with Gasteiger partial charge in [-0.25, -0.2) is 9.59 Å². The number of carbonyl (C=O) groups excluding carboxylic acids is 3. The number of aliphatic carboxylic acids is 1. The van der Waals surface area contributed by atoms with Crippen LogP contribution in [0.2, 0.25) is 0 Å². The van der Waals surface area contributed by atoms with E-state index in [4.69, 9.17) is 23.0 Å². The Morgan fingerprint density at radius 2 is 1.90 bits per heavy atom. The van der Waals surface area contributed by atoms with Crippen LogP contribution < -0.4 is 0 Å². The Bertz CT molecular complexity index is 1420. The van der Waals surface area contributed by atoms with Gasteiger partial charge in [0.2, 0.25) is 0 Å². The number of esters is 3. The van der Waals surface area contributed by atoms with E-state index < -0.39 is 46.9 Å². The van der Waals surface area contributed by atoms with E-state index in [1.54, 1.807) is 32.1 Å². The van der Waals surface area contributed by atoms with Gasteiger partial charge in [0.15, 0.2) is 0 Å². The van der Waals surface area contributed by atoms with E-state index in [9.17, 15) is 24.3 Å². The van der Waals surface area contributed by atoms with Crippen LogP contribution in [0.15, 0.2) is 51.2 Å². The van der Waals surface area contributed by atoms with E-state index >= 15 is 0 Å². The van der Waals surface area contributed by atoms with Crippen molar-refractivity contribution in [3.8, 4) is 0 Å². The normalized spacial score (nSPS) is 27.0. The van der Waals surface area contributed by atoms with Crippen LogP contribution in [-0.4, -0.2) is 36.1 Å². The third-order valence-electron chi connectivity index (χ3n) is 8.98. The minimum absolute atomic E-state index is 0.0741. The Morgan fingerprint density at radius 1 is 1.19 bits per heavy atom. The summed E-state index contributed by atoms with van der Waals surface area (Å²) in [6.45, 7) is 11.1. The van der Waals surface area contributed by atoms with Gasteiger partial charge in [-0.1, -0.05) is 33.8 Å². The van der Waals surface area contributed by atoms with Crippen molar-refractivity contribution in [3.63, 3.8) is 0 Å². The van der Waals surface area contributed by atoms with Crippen LogP contribution in [-0.2, 0) is 33.4 Å². The Hall–Kier alpha value is -4.08. The number of hydrogen-bond donors (Lipinski definition) is 1. The maximum absolute atomic E-state index is 13.0. The first-order valence-electron chi connectivity index (χ1n) is 14.0. The lowest BCUT2D eigenvalue weighted by Crippen LogP contribution is -2.41. The fraction of sp³-hybridized carbons (Fsp3) is 0.500. The molecule has 2 aromatic rings. The first-order chi connectivity index (χ1) is 19.7. The van der Waals surface area contributed by atoms with Crippen LogP contribution in [0.1, 0.15) is 102 Å². The van der Waals surface area contributed by atoms with Gasteiger partial charge >= 0.3 is 23.9 Å². The zero-order valence-electron chi connectivity index (χ0n) is 25.0. The first kappa shape index (κ1) is 30.9. The Balaban J connectivity index is 1.88. The second-order valence-electron chi connectivity index (χ2n) is 11.9. The van der Waals surface area contributed by atoms with Crippen molar-refractivity contribution in [1.29, 1.82) is 0 Å². The Morgan fingerprint density at radius 3 is 2.50 bits per heavy atom. The molecule has 3 heterocycles. The topological polar surface area (TPSA) is 142 Å². The summed E-state index contributed by atoms with van der Waals surface area (Å²) < 4.78 is 28.6. The number of hydrogen-bond acceptors (Lipinski definition) is 9. The Kier molecular flexibility index (Phi) is 8.57. The molecule has 2 aromatic heterocycles. The molecule has 0 radical (unpaired) electrons. The van der Waals surface area contributed by atoms with Crippen LogP contribution >= 0.6 is 0 Å². The van der Waals surface area contributed by atoms with Gasteiger partial charge in [-0.3, -0.25) is 9.59 Å². The molecule has 4 rings (SSSR count). The van der Waals surface area contributed by atoms with Crippen LogP contribution in [0.4, 0.5) is 0 Å². The lowest BCUT2D eigenvalue weighted by Gasteiger charge is -2.46. The number of methoxy groups -OCH3 is 1. The van der Waals surface area contributed by atoms with Crippen LogP contribution in [0, 0.1) is 16.7 Å². The molecule has 10 heteroatoms. The summed E-state index contributed by atoms with van der Waals surface area (Å²) in [6, 6.07) is 3.44. The van der Waals surface area contributed by atoms with Crippen molar-refractivity contribution in [1.82, 2.24) is 0 Å². The molecule has 5 atom stereocenters. The number of carboxylic acids is 1. The van der Waals surface area contributed by atoms with Crippen LogP contribution in [0.3, 0.4) is 0 Å². The average Bonchev–Trinajstić information content (AvgIpc) is 3.63. The van der Waals surface area contributed by atoms with Gasteiger partial charge < -0.3 is 28.2 Å². The Labute approximate surface area is 244 Å². The fourth-order valence-corrected chi connectivity index (χ4v) is 6.32. The van der Waals surface area contributed by atoms with Crippen molar-refractivity contribution in [2.75, 3.05) is 7.11 Å². The van der Waals surface area contributed by atoms with E-state index in [2.05, 4.69) is 0 Å². The minimum atomic E-state index is -1.01. The predicted molar refractivity (Wildman–Crippen MR) is 150 cm³/mol. The van der Waals surface area contributed by atoms with Gasteiger partial charge in [0, 0.05) is 57.9 Å². The summed E-state index contributed by atoms with van der Waals surface area (Å²) in [5.41, 5.74) is 0.387. The zero-order valence-corrected chi connectivity index (χ0v) is 25.0. The molecule has 226 valence electrons. The van der Waals surface area contributed by atoms with E-state index in [0.717, 1.165) is 0 Å². The molecule has 0 unspecified atom stereocenters.